The summed E-state index contributed by atoms with van der Waals surface area (Å²) in [4.78, 5) is 19.3. The Morgan fingerprint density at radius 3 is 2.79 bits per heavy atom. The molecule has 2 atom stereocenters. The maximum Gasteiger partial charge on any atom is 0.229 e. The largest absolute Gasteiger partial charge is 0.377 e. The van der Waals surface area contributed by atoms with Crippen molar-refractivity contribution in [3.8, 4) is 11.3 Å². The van der Waals surface area contributed by atoms with E-state index < -0.39 is 0 Å². The van der Waals surface area contributed by atoms with Crippen LogP contribution in [-0.2, 0) is 9.47 Å². The summed E-state index contributed by atoms with van der Waals surface area (Å²) in [7, 11) is 0. The van der Waals surface area contributed by atoms with Gasteiger partial charge in [-0.2, -0.15) is 21.3 Å². The van der Waals surface area contributed by atoms with Crippen LogP contribution in [0, 0.1) is 0 Å². The molecule has 5 rings (SSSR count). The van der Waals surface area contributed by atoms with E-state index in [1.165, 1.54) is 0 Å². The fourth-order valence-electron chi connectivity index (χ4n) is 3.96. The number of hydrogen-bond acceptors (Lipinski definition) is 8. The summed E-state index contributed by atoms with van der Waals surface area (Å²) in [6.45, 7) is 8.76. The van der Waals surface area contributed by atoms with E-state index in [0.29, 0.717) is 19.8 Å². The highest BCUT2D eigenvalue weighted by Gasteiger charge is 2.26. The maximum atomic E-state index is 5.71. The summed E-state index contributed by atoms with van der Waals surface area (Å²) < 4.78 is 11.4. The maximum absolute atomic E-state index is 5.71. The van der Waals surface area contributed by atoms with Gasteiger partial charge >= 0.3 is 0 Å². The van der Waals surface area contributed by atoms with E-state index in [2.05, 4.69) is 52.6 Å². The van der Waals surface area contributed by atoms with Gasteiger partial charge in [-0.3, -0.25) is 0 Å². The van der Waals surface area contributed by atoms with Crippen molar-refractivity contribution in [2.75, 3.05) is 49.3 Å². The van der Waals surface area contributed by atoms with Crippen LogP contribution in [0.4, 0.5) is 11.8 Å². The average Bonchev–Trinajstić information content (AvgIpc) is 3.28. The molecule has 0 aliphatic carbocycles. The molecule has 0 radical (unpaired) electrons. The molecular formula is C21H25N5O2S. The van der Waals surface area contributed by atoms with Crippen molar-refractivity contribution >= 4 is 34.1 Å². The number of fused-ring (bicyclic) bond motifs is 1. The number of rotatable bonds is 3. The number of thiophene rings is 1. The van der Waals surface area contributed by atoms with Gasteiger partial charge in [0.15, 0.2) is 5.65 Å². The van der Waals surface area contributed by atoms with E-state index >= 15 is 0 Å². The van der Waals surface area contributed by atoms with E-state index in [1.54, 1.807) is 11.3 Å². The number of anilines is 2. The van der Waals surface area contributed by atoms with Gasteiger partial charge in [-0.05, 0) is 37.4 Å². The third-order valence-electron chi connectivity index (χ3n) is 5.51. The van der Waals surface area contributed by atoms with Crippen molar-refractivity contribution < 1.29 is 9.47 Å². The smallest absolute Gasteiger partial charge is 0.229 e. The minimum atomic E-state index is 0.166. The second-order valence-electron chi connectivity index (χ2n) is 7.67. The molecule has 7 nitrogen and oxygen atoms in total. The number of ether oxygens (including phenoxy) is 2. The first kappa shape index (κ1) is 18.7. The van der Waals surface area contributed by atoms with Crippen molar-refractivity contribution in [1.29, 1.82) is 0 Å². The minimum Gasteiger partial charge on any atom is -0.377 e. The molecule has 0 saturated carbocycles. The molecule has 29 heavy (non-hydrogen) atoms. The lowest BCUT2D eigenvalue weighted by molar-refractivity contribution is 0.0526. The first-order valence-corrected chi connectivity index (χ1v) is 11.1. The molecule has 2 fully saturated rings. The zero-order valence-corrected chi connectivity index (χ0v) is 17.6. The van der Waals surface area contributed by atoms with Crippen LogP contribution in [0.2, 0.25) is 0 Å². The molecule has 2 saturated heterocycles. The van der Waals surface area contributed by atoms with E-state index in [1.807, 2.05) is 0 Å². The van der Waals surface area contributed by atoms with Crippen molar-refractivity contribution in [1.82, 2.24) is 15.0 Å². The number of pyridine rings is 1. The molecule has 152 valence electrons. The minimum absolute atomic E-state index is 0.166. The highest BCUT2D eigenvalue weighted by atomic mass is 32.1. The molecule has 0 unspecified atom stereocenters. The van der Waals surface area contributed by atoms with Crippen molar-refractivity contribution in [2.45, 2.75) is 26.0 Å². The molecule has 8 heteroatoms. The lowest BCUT2D eigenvalue weighted by atomic mass is 10.1. The summed E-state index contributed by atoms with van der Waals surface area (Å²) in [5, 5.41) is 5.18. The Morgan fingerprint density at radius 1 is 1.07 bits per heavy atom. The third-order valence-corrected chi connectivity index (χ3v) is 6.19. The molecule has 0 N–H and O–H groups in total. The Hall–Kier alpha value is -2.29. The van der Waals surface area contributed by atoms with Crippen molar-refractivity contribution in [2.24, 2.45) is 0 Å². The summed E-state index contributed by atoms with van der Waals surface area (Å²) in [5.74, 6) is 1.68. The summed E-state index contributed by atoms with van der Waals surface area (Å²) in [5.41, 5.74) is 2.81. The van der Waals surface area contributed by atoms with Gasteiger partial charge < -0.3 is 19.3 Å². The van der Waals surface area contributed by atoms with Gasteiger partial charge in [-0.1, -0.05) is 0 Å². The Morgan fingerprint density at radius 2 is 2.00 bits per heavy atom. The molecular weight excluding hydrogens is 386 g/mol. The fraction of sp³-hybridized carbons (Fsp3) is 0.476. The van der Waals surface area contributed by atoms with Gasteiger partial charge in [0.1, 0.15) is 5.82 Å². The monoisotopic (exact) mass is 411 g/mol. The zero-order valence-electron chi connectivity index (χ0n) is 16.7. The van der Waals surface area contributed by atoms with Gasteiger partial charge in [-0.25, -0.2) is 4.98 Å². The van der Waals surface area contributed by atoms with E-state index in [9.17, 15) is 0 Å². The SMILES string of the molecule is C[C@H]1CN(c2nc(N3CCOC[C@@H]3C)c3ccc(-c4ccsc4)nc3n2)CCO1. The van der Waals surface area contributed by atoms with Gasteiger partial charge in [-0.15, -0.1) is 0 Å². The Balaban J connectivity index is 1.64. The molecule has 2 aliphatic rings. The van der Waals surface area contributed by atoms with E-state index in [0.717, 1.165) is 53.7 Å². The Bertz CT molecular complexity index is 996. The molecule has 0 bridgehead atoms. The van der Waals surface area contributed by atoms with Crippen LogP contribution < -0.4 is 9.80 Å². The molecule has 3 aromatic rings. The molecule has 5 heterocycles. The quantitative estimate of drug-likeness (QED) is 0.656. The second-order valence-corrected chi connectivity index (χ2v) is 8.45. The van der Waals surface area contributed by atoms with Crippen LogP contribution in [0.3, 0.4) is 0 Å². The predicted octanol–water partition coefficient (Wildman–Crippen LogP) is 3.20. The molecule has 0 aromatic carbocycles. The standard InChI is InChI=1S/C21H25N5O2S/c1-14-12-27-8-7-26(14)20-17-3-4-18(16-5-10-29-13-16)22-19(17)23-21(24-20)25-6-9-28-15(2)11-25/h3-5,10,13-15H,6-9,11-12H2,1-2H3/t14-,15-/m0/s1. The van der Waals surface area contributed by atoms with Gasteiger partial charge in [0.25, 0.3) is 0 Å². The Kier molecular flexibility index (Phi) is 5.07. The van der Waals surface area contributed by atoms with Crippen LogP contribution in [0.5, 0.6) is 0 Å². The van der Waals surface area contributed by atoms with Gasteiger partial charge in [0, 0.05) is 30.6 Å². The normalized spacial score (nSPS) is 23.0. The summed E-state index contributed by atoms with van der Waals surface area (Å²) in [6, 6.07) is 6.53. The summed E-state index contributed by atoms with van der Waals surface area (Å²) in [6.07, 6.45) is 0.166. The number of aromatic nitrogens is 3. The van der Waals surface area contributed by atoms with Crippen LogP contribution >= 0.6 is 11.3 Å². The fourth-order valence-corrected chi connectivity index (χ4v) is 4.61. The topological polar surface area (TPSA) is 63.6 Å². The molecule has 0 spiro atoms. The van der Waals surface area contributed by atoms with Crippen molar-refractivity contribution in [3.63, 3.8) is 0 Å². The van der Waals surface area contributed by atoms with Crippen LogP contribution in [0.15, 0.2) is 29.0 Å². The Labute approximate surface area is 174 Å². The van der Waals surface area contributed by atoms with E-state index in [4.69, 9.17) is 24.4 Å². The summed E-state index contributed by atoms with van der Waals surface area (Å²) >= 11 is 1.68. The van der Waals surface area contributed by atoms with Crippen molar-refractivity contribution in [3.05, 3.63) is 29.0 Å². The van der Waals surface area contributed by atoms with Gasteiger partial charge in [0.05, 0.1) is 43.0 Å². The van der Waals surface area contributed by atoms with Crippen LogP contribution in [-0.4, -0.2) is 66.6 Å². The first-order chi connectivity index (χ1) is 14.2. The first-order valence-electron chi connectivity index (χ1n) is 10.1. The number of morpholine rings is 2. The number of nitrogens with zero attached hydrogens (tertiary/aromatic N) is 5. The average molecular weight is 412 g/mol. The van der Waals surface area contributed by atoms with Crippen LogP contribution in [0.25, 0.3) is 22.3 Å². The molecule has 0 amide bonds. The molecule has 3 aromatic heterocycles. The number of hydrogen-bond donors (Lipinski definition) is 0. The third kappa shape index (κ3) is 3.68. The highest BCUT2D eigenvalue weighted by Crippen LogP contribution is 2.31. The molecule has 2 aliphatic heterocycles. The highest BCUT2D eigenvalue weighted by molar-refractivity contribution is 7.08. The lowest BCUT2D eigenvalue weighted by Gasteiger charge is -2.36. The predicted molar refractivity (Wildman–Crippen MR) is 116 cm³/mol. The van der Waals surface area contributed by atoms with Crippen LogP contribution in [0.1, 0.15) is 13.8 Å². The zero-order chi connectivity index (χ0) is 19.8. The lowest BCUT2D eigenvalue weighted by Crippen LogP contribution is -2.45. The van der Waals surface area contributed by atoms with E-state index in [-0.39, 0.29) is 12.1 Å². The second kappa shape index (κ2) is 7.85. The van der Waals surface area contributed by atoms with Gasteiger partial charge in [0.2, 0.25) is 5.95 Å².